The normalized spacial score (nSPS) is 16.6. The van der Waals surface area contributed by atoms with Crippen LogP contribution < -0.4 is 5.32 Å². The number of hydrogen-bond donors (Lipinski definition) is 1. The average molecular weight is 382 g/mol. The molecule has 1 N–H and O–H groups in total. The molecule has 0 radical (unpaired) electrons. The smallest absolute Gasteiger partial charge is 0.267 e. The summed E-state index contributed by atoms with van der Waals surface area (Å²) in [4.78, 5) is 17.6. The molecular weight excluding hydrogens is 360 g/mol. The fourth-order valence-electron chi connectivity index (χ4n) is 3.27. The Labute approximate surface area is 162 Å². The number of amides is 1. The van der Waals surface area contributed by atoms with Crippen LogP contribution in [0.3, 0.4) is 0 Å². The second kappa shape index (κ2) is 7.62. The predicted octanol–water partition coefficient (Wildman–Crippen LogP) is 4.05. The molecule has 7 heteroatoms. The molecule has 3 heterocycles. The molecule has 6 nitrogen and oxygen atoms in total. The number of nitrogens with zero attached hydrogens (tertiary/aromatic N) is 3. The van der Waals surface area contributed by atoms with E-state index in [9.17, 15) is 4.79 Å². The monoisotopic (exact) mass is 382 g/mol. The molecule has 2 aromatic heterocycles. The van der Waals surface area contributed by atoms with Gasteiger partial charge in [0.05, 0.1) is 30.7 Å². The number of ether oxygens (including phenoxy) is 1. The van der Waals surface area contributed by atoms with E-state index in [1.165, 1.54) is 16.9 Å². The molecule has 1 aliphatic heterocycles. The molecule has 0 aliphatic carbocycles. The topological polar surface area (TPSA) is 69.0 Å². The summed E-state index contributed by atoms with van der Waals surface area (Å²) in [5.74, 6) is -0.166. The SMILES string of the molecule is Cc1ccc(-c2ncc(C(=O)Nc3cnn(CC4CCCO4)c3)s2)c(C)c1. The maximum absolute atomic E-state index is 12.5. The van der Waals surface area contributed by atoms with Crippen molar-refractivity contribution in [3.05, 3.63) is 52.8 Å². The Morgan fingerprint density at radius 1 is 1.37 bits per heavy atom. The van der Waals surface area contributed by atoms with Gasteiger partial charge in [-0.15, -0.1) is 11.3 Å². The Bertz CT molecular complexity index is 957. The molecule has 1 fully saturated rings. The van der Waals surface area contributed by atoms with Crippen molar-refractivity contribution >= 4 is 22.9 Å². The number of aryl methyl sites for hydroxylation is 2. The third kappa shape index (κ3) is 4.09. The summed E-state index contributed by atoms with van der Waals surface area (Å²) < 4.78 is 7.44. The summed E-state index contributed by atoms with van der Waals surface area (Å²) in [6, 6.07) is 6.24. The van der Waals surface area contributed by atoms with Gasteiger partial charge in [0, 0.05) is 18.4 Å². The molecule has 1 aromatic carbocycles. The van der Waals surface area contributed by atoms with Crippen molar-refractivity contribution in [2.75, 3.05) is 11.9 Å². The Hall–Kier alpha value is -2.51. The molecule has 4 rings (SSSR count). The van der Waals surface area contributed by atoms with Gasteiger partial charge in [0.25, 0.3) is 5.91 Å². The molecule has 1 unspecified atom stereocenters. The standard InChI is InChI=1S/C20H22N4O2S/c1-13-5-6-17(14(2)8-13)20-21-10-18(27-20)19(25)23-15-9-22-24(11-15)12-16-4-3-7-26-16/h5-6,8-11,16H,3-4,7,12H2,1-2H3,(H,23,25). The molecule has 0 saturated carbocycles. The van der Waals surface area contributed by atoms with E-state index in [-0.39, 0.29) is 12.0 Å². The molecule has 0 bridgehead atoms. The van der Waals surface area contributed by atoms with Crippen LogP contribution in [0.2, 0.25) is 0 Å². The Morgan fingerprint density at radius 3 is 3.04 bits per heavy atom. The summed E-state index contributed by atoms with van der Waals surface area (Å²) in [7, 11) is 0. The first-order valence-electron chi connectivity index (χ1n) is 9.07. The first kappa shape index (κ1) is 17.9. The van der Waals surface area contributed by atoms with Gasteiger partial charge in [-0.2, -0.15) is 5.10 Å². The van der Waals surface area contributed by atoms with Gasteiger partial charge in [-0.1, -0.05) is 23.8 Å². The summed E-state index contributed by atoms with van der Waals surface area (Å²) in [5, 5.41) is 8.06. The third-order valence-electron chi connectivity index (χ3n) is 4.65. The van der Waals surface area contributed by atoms with Crippen LogP contribution in [0.15, 0.2) is 36.8 Å². The molecule has 1 amide bonds. The lowest BCUT2D eigenvalue weighted by Gasteiger charge is -2.08. The van der Waals surface area contributed by atoms with Gasteiger partial charge in [0.2, 0.25) is 0 Å². The van der Waals surface area contributed by atoms with Crippen LogP contribution in [0.25, 0.3) is 10.6 Å². The Kier molecular flexibility index (Phi) is 5.05. The number of hydrogen-bond acceptors (Lipinski definition) is 5. The quantitative estimate of drug-likeness (QED) is 0.723. The molecule has 0 spiro atoms. The van der Waals surface area contributed by atoms with Crippen LogP contribution in [0.1, 0.15) is 33.6 Å². The molecule has 1 atom stereocenters. The van der Waals surface area contributed by atoms with Gasteiger partial charge < -0.3 is 10.1 Å². The van der Waals surface area contributed by atoms with Crippen molar-refractivity contribution in [1.29, 1.82) is 0 Å². The third-order valence-corrected chi connectivity index (χ3v) is 5.68. The van der Waals surface area contributed by atoms with E-state index in [1.807, 2.05) is 10.9 Å². The molecule has 3 aromatic rings. The number of anilines is 1. The van der Waals surface area contributed by atoms with Gasteiger partial charge >= 0.3 is 0 Å². The minimum absolute atomic E-state index is 0.166. The fraction of sp³-hybridized carbons (Fsp3) is 0.350. The fourth-order valence-corrected chi connectivity index (χ4v) is 4.18. The van der Waals surface area contributed by atoms with E-state index in [0.29, 0.717) is 17.1 Å². The summed E-state index contributed by atoms with van der Waals surface area (Å²) in [6.45, 7) is 5.67. The minimum atomic E-state index is -0.166. The van der Waals surface area contributed by atoms with Crippen molar-refractivity contribution < 1.29 is 9.53 Å². The van der Waals surface area contributed by atoms with Crippen molar-refractivity contribution in [2.24, 2.45) is 0 Å². The van der Waals surface area contributed by atoms with Gasteiger partial charge in [-0.05, 0) is 32.3 Å². The Morgan fingerprint density at radius 2 is 2.26 bits per heavy atom. The van der Waals surface area contributed by atoms with Gasteiger partial charge in [0.1, 0.15) is 9.88 Å². The number of carbonyl (C=O) groups excluding carboxylic acids is 1. The lowest BCUT2D eigenvalue weighted by molar-refractivity contribution is 0.0940. The second-order valence-electron chi connectivity index (χ2n) is 6.89. The number of carbonyl (C=O) groups is 1. The lowest BCUT2D eigenvalue weighted by Crippen LogP contribution is -2.15. The van der Waals surface area contributed by atoms with Crippen molar-refractivity contribution in [1.82, 2.24) is 14.8 Å². The van der Waals surface area contributed by atoms with E-state index in [4.69, 9.17) is 4.74 Å². The molecule has 1 saturated heterocycles. The maximum Gasteiger partial charge on any atom is 0.267 e. The van der Waals surface area contributed by atoms with Crippen LogP contribution in [0.4, 0.5) is 5.69 Å². The van der Waals surface area contributed by atoms with E-state index in [0.717, 1.165) is 35.6 Å². The second-order valence-corrected chi connectivity index (χ2v) is 7.92. The maximum atomic E-state index is 12.5. The summed E-state index contributed by atoms with van der Waals surface area (Å²) in [6.07, 6.45) is 7.51. The summed E-state index contributed by atoms with van der Waals surface area (Å²) in [5.41, 5.74) is 4.12. The zero-order valence-corrected chi connectivity index (χ0v) is 16.3. The van der Waals surface area contributed by atoms with E-state index in [2.05, 4.69) is 47.4 Å². The van der Waals surface area contributed by atoms with Crippen molar-refractivity contribution in [2.45, 2.75) is 39.3 Å². The van der Waals surface area contributed by atoms with E-state index < -0.39 is 0 Å². The van der Waals surface area contributed by atoms with Crippen LogP contribution in [0, 0.1) is 13.8 Å². The highest BCUT2D eigenvalue weighted by Crippen LogP contribution is 2.29. The van der Waals surface area contributed by atoms with E-state index in [1.54, 1.807) is 12.4 Å². The first-order chi connectivity index (χ1) is 13.1. The van der Waals surface area contributed by atoms with Gasteiger partial charge in [0.15, 0.2) is 0 Å². The molecule has 140 valence electrons. The zero-order valence-electron chi connectivity index (χ0n) is 15.4. The number of thiazole rings is 1. The molecule has 27 heavy (non-hydrogen) atoms. The molecular formula is C20H22N4O2S. The van der Waals surface area contributed by atoms with Crippen molar-refractivity contribution in [3.8, 4) is 10.6 Å². The highest BCUT2D eigenvalue weighted by molar-refractivity contribution is 7.17. The highest BCUT2D eigenvalue weighted by Gasteiger charge is 2.17. The van der Waals surface area contributed by atoms with Crippen molar-refractivity contribution in [3.63, 3.8) is 0 Å². The van der Waals surface area contributed by atoms with Crippen LogP contribution in [0.5, 0.6) is 0 Å². The minimum Gasteiger partial charge on any atom is -0.376 e. The highest BCUT2D eigenvalue weighted by atomic mass is 32.1. The van der Waals surface area contributed by atoms with Gasteiger partial charge in [-0.25, -0.2) is 4.98 Å². The van der Waals surface area contributed by atoms with Crippen LogP contribution >= 0.6 is 11.3 Å². The number of benzene rings is 1. The van der Waals surface area contributed by atoms with Crippen LogP contribution in [-0.2, 0) is 11.3 Å². The first-order valence-corrected chi connectivity index (χ1v) is 9.89. The average Bonchev–Trinajstić information content (AvgIpc) is 3.37. The number of rotatable bonds is 5. The largest absolute Gasteiger partial charge is 0.376 e. The lowest BCUT2D eigenvalue weighted by atomic mass is 10.1. The number of aromatic nitrogens is 3. The summed E-state index contributed by atoms with van der Waals surface area (Å²) >= 11 is 1.40. The Balaban J connectivity index is 1.43. The zero-order chi connectivity index (χ0) is 18.8. The predicted molar refractivity (Wildman–Crippen MR) is 106 cm³/mol. The number of nitrogens with one attached hydrogen (secondary N) is 1. The van der Waals surface area contributed by atoms with E-state index >= 15 is 0 Å². The van der Waals surface area contributed by atoms with Crippen LogP contribution in [-0.4, -0.2) is 33.4 Å². The van der Waals surface area contributed by atoms with Gasteiger partial charge in [-0.3, -0.25) is 9.48 Å². The molecule has 1 aliphatic rings.